The molecule has 0 unspecified atom stereocenters. The summed E-state index contributed by atoms with van der Waals surface area (Å²) in [5.41, 5.74) is 0. The smallest absolute Gasteiger partial charge is 0.251 e. The van der Waals surface area contributed by atoms with E-state index in [-0.39, 0.29) is 24.0 Å². The second-order valence-electron chi connectivity index (χ2n) is 5.11. The summed E-state index contributed by atoms with van der Waals surface area (Å²) >= 11 is 0. The highest BCUT2D eigenvalue weighted by atomic mass is 16.6. The van der Waals surface area contributed by atoms with Crippen molar-refractivity contribution in [2.45, 2.75) is 37.6 Å². The van der Waals surface area contributed by atoms with Crippen molar-refractivity contribution in [1.82, 2.24) is 5.32 Å². The lowest BCUT2D eigenvalue weighted by atomic mass is 9.98. The third-order valence-electron chi connectivity index (χ3n) is 3.81. The van der Waals surface area contributed by atoms with Crippen molar-refractivity contribution in [3.05, 3.63) is 0 Å². The van der Waals surface area contributed by atoms with E-state index in [1.807, 2.05) is 0 Å². The molecule has 6 atom stereocenters. The van der Waals surface area contributed by atoms with Gasteiger partial charge in [0.1, 0.15) is 0 Å². The standard InChI is InChI=1S/C14H25NO5/c1-17-9-12-10(4-7-19-12)3-6-15-14(16)13-11(18-2)5-8-20-13/h10-13H,3-9H2,1-2H3,(H,15,16)/t10-,11-,12-,13+/m1/s1/i7T,8T/t7-,8-,10+,11+,12+,13-/m0. The average Bonchev–Trinajstić information content (AvgIpc) is 3.02. The summed E-state index contributed by atoms with van der Waals surface area (Å²) in [5, 5.41) is 2.83. The molecular formula is C14H25NO5. The predicted molar refractivity (Wildman–Crippen MR) is 72.5 cm³/mol. The molecule has 6 nitrogen and oxygen atoms in total. The van der Waals surface area contributed by atoms with Crippen molar-refractivity contribution in [3.63, 3.8) is 0 Å². The van der Waals surface area contributed by atoms with Gasteiger partial charge in [-0.25, -0.2) is 0 Å². The zero-order chi connectivity index (χ0) is 16.1. The zero-order valence-corrected chi connectivity index (χ0v) is 12.0. The molecule has 0 bridgehead atoms. The molecule has 2 aliphatic heterocycles. The zero-order valence-electron chi connectivity index (χ0n) is 14.0. The fraction of sp³-hybridized carbons (Fsp3) is 0.929. The second-order valence-corrected chi connectivity index (χ2v) is 5.11. The van der Waals surface area contributed by atoms with Crippen molar-refractivity contribution in [3.8, 4) is 0 Å². The van der Waals surface area contributed by atoms with Crippen molar-refractivity contribution in [2.75, 3.05) is 40.5 Å². The van der Waals surface area contributed by atoms with E-state index in [9.17, 15) is 4.79 Å². The molecule has 0 aromatic carbocycles. The molecule has 2 rings (SSSR count). The molecule has 1 N–H and O–H groups in total. The van der Waals surface area contributed by atoms with Crippen LogP contribution in [-0.4, -0.2) is 64.8 Å². The van der Waals surface area contributed by atoms with Gasteiger partial charge in [0.15, 0.2) is 6.10 Å². The predicted octanol–water partition coefficient (Wildman–Crippen LogP) is 0.348. The maximum atomic E-state index is 12.1. The van der Waals surface area contributed by atoms with Gasteiger partial charge < -0.3 is 24.3 Å². The van der Waals surface area contributed by atoms with Crippen LogP contribution in [0.4, 0.5) is 0 Å². The third-order valence-corrected chi connectivity index (χ3v) is 3.81. The van der Waals surface area contributed by atoms with Crippen LogP contribution in [0.1, 0.15) is 22.0 Å². The quantitative estimate of drug-likeness (QED) is 0.733. The van der Waals surface area contributed by atoms with Crippen molar-refractivity contribution < 1.29 is 26.5 Å². The Morgan fingerprint density at radius 3 is 2.90 bits per heavy atom. The first-order chi connectivity index (χ1) is 10.5. The van der Waals surface area contributed by atoms with Crippen LogP contribution in [0.3, 0.4) is 0 Å². The molecule has 6 heteroatoms. The number of nitrogens with one attached hydrogen (secondary N) is 1. The van der Waals surface area contributed by atoms with Crippen LogP contribution >= 0.6 is 0 Å². The summed E-state index contributed by atoms with van der Waals surface area (Å²) in [6.07, 6.45) is 0.614. The van der Waals surface area contributed by atoms with Gasteiger partial charge in [-0.3, -0.25) is 4.79 Å². The van der Waals surface area contributed by atoms with Crippen molar-refractivity contribution in [1.29, 1.82) is 0 Å². The molecule has 2 heterocycles. The van der Waals surface area contributed by atoms with Gasteiger partial charge in [-0.2, -0.15) is 0 Å². The minimum Gasteiger partial charge on any atom is -0.382 e. The first-order valence-electron chi connectivity index (χ1n) is 8.15. The third kappa shape index (κ3) is 3.91. The number of hydrogen-bond acceptors (Lipinski definition) is 5. The first kappa shape index (κ1) is 13.0. The summed E-state index contributed by atoms with van der Waals surface area (Å²) in [4.78, 5) is 12.1. The summed E-state index contributed by atoms with van der Waals surface area (Å²) in [7, 11) is 3.13. The van der Waals surface area contributed by atoms with Gasteiger partial charge in [-0.05, 0) is 18.8 Å². The highest BCUT2D eigenvalue weighted by molar-refractivity contribution is 5.81. The summed E-state index contributed by atoms with van der Waals surface area (Å²) in [6, 6.07) is 0. The Kier molecular flexibility index (Phi) is 5.15. The normalized spacial score (nSPS) is 42.3. The van der Waals surface area contributed by atoms with Gasteiger partial charge in [0.05, 0.1) is 28.1 Å². The molecule has 0 aromatic rings. The van der Waals surface area contributed by atoms with E-state index in [4.69, 9.17) is 21.7 Å². The van der Waals surface area contributed by atoms with Crippen LogP contribution < -0.4 is 5.32 Å². The highest BCUT2D eigenvalue weighted by Crippen LogP contribution is 2.24. The van der Waals surface area contributed by atoms with Crippen LogP contribution in [0.2, 0.25) is 0 Å². The van der Waals surface area contributed by atoms with E-state index >= 15 is 0 Å². The van der Waals surface area contributed by atoms with Crippen LogP contribution in [0.25, 0.3) is 0 Å². The lowest BCUT2D eigenvalue weighted by molar-refractivity contribution is -0.134. The highest BCUT2D eigenvalue weighted by Gasteiger charge is 2.34. The summed E-state index contributed by atoms with van der Waals surface area (Å²) in [5.74, 6) is -0.0411. The Labute approximate surface area is 122 Å². The minimum atomic E-state index is -0.717. The van der Waals surface area contributed by atoms with Crippen LogP contribution in [0.15, 0.2) is 0 Å². The Hall–Kier alpha value is -0.690. The second kappa shape index (κ2) is 7.93. The fourth-order valence-electron chi connectivity index (χ4n) is 2.61. The van der Waals surface area contributed by atoms with E-state index in [1.165, 1.54) is 7.11 Å². The van der Waals surface area contributed by atoms with E-state index in [0.29, 0.717) is 26.0 Å². The summed E-state index contributed by atoms with van der Waals surface area (Å²) < 4.78 is 36.3. The van der Waals surface area contributed by atoms with Gasteiger partial charge in [-0.15, -0.1) is 0 Å². The topological polar surface area (TPSA) is 66.0 Å². The Morgan fingerprint density at radius 1 is 1.35 bits per heavy atom. The fourth-order valence-corrected chi connectivity index (χ4v) is 2.61. The molecular weight excluding hydrogens is 262 g/mol. The molecule has 2 fully saturated rings. The number of methoxy groups -OCH3 is 2. The van der Waals surface area contributed by atoms with E-state index in [2.05, 4.69) is 5.32 Å². The molecule has 20 heavy (non-hydrogen) atoms. The van der Waals surface area contributed by atoms with Gasteiger partial charge >= 0.3 is 0 Å². The number of rotatable bonds is 7. The molecule has 0 aliphatic carbocycles. The van der Waals surface area contributed by atoms with Crippen molar-refractivity contribution >= 4 is 5.91 Å². The van der Waals surface area contributed by atoms with Crippen LogP contribution in [0.5, 0.6) is 0 Å². The molecule has 0 aromatic heterocycles. The van der Waals surface area contributed by atoms with Crippen molar-refractivity contribution in [2.24, 2.45) is 5.92 Å². The Morgan fingerprint density at radius 2 is 2.15 bits per heavy atom. The molecule has 0 saturated carbocycles. The Balaban J connectivity index is 1.74. The molecule has 1 amide bonds. The van der Waals surface area contributed by atoms with E-state index < -0.39 is 19.3 Å². The lowest BCUT2D eigenvalue weighted by Gasteiger charge is -2.19. The van der Waals surface area contributed by atoms with E-state index in [0.717, 1.165) is 6.42 Å². The minimum absolute atomic E-state index is 0.0866. The first-order valence-corrected chi connectivity index (χ1v) is 7.00. The maximum Gasteiger partial charge on any atom is 0.251 e. The number of amides is 1. The monoisotopic (exact) mass is 291 g/mol. The van der Waals surface area contributed by atoms with Gasteiger partial charge in [-0.1, -0.05) is 0 Å². The Bertz CT molecular complexity index is 373. The number of carbonyl (C=O) groups excluding carboxylic acids is 1. The lowest BCUT2D eigenvalue weighted by Crippen LogP contribution is -2.41. The van der Waals surface area contributed by atoms with Crippen LogP contribution in [-0.2, 0) is 23.7 Å². The maximum absolute atomic E-state index is 12.1. The van der Waals surface area contributed by atoms with Gasteiger partial charge in [0.2, 0.25) is 0 Å². The number of carbonyl (C=O) groups is 1. The number of hydrogen-bond donors (Lipinski definition) is 1. The van der Waals surface area contributed by atoms with Gasteiger partial charge in [0, 0.05) is 33.8 Å². The van der Waals surface area contributed by atoms with Crippen LogP contribution in [0, 0.1) is 5.92 Å². The molecule has 116 valence electrons. The SMILES string of the molecule is [3H][C@H]1C[C@@H](OC)[C@@H](C(=O)NCC[C@@H]2C[C@H]([3H])O[C@@H]2COC)O1. The van der Waals surface area contributed by atoms with Gasteiger partial charge in [0.25, 0.3) is 5.91 Å². The molecule has 0 radical (unpaired) electrons. The molecule has 0 spiro atoms. The molecule has 2 saturated heterocycles. The van der Waals surface area contributed by atoms with E-state index in [1.54, 1.807) is 7.11 Å². The largest absolute Gasteiger partial charge is 0.382 e. The summed E-state index contributed by atoms with van der Waals surface area (Å²) in [6.45, 7) is -0.273. The molecule has 2 aliphatic rings. The number of ether oxygens (including phenoxy) is 4. The average molecular weight is 291 g/mol.